The number of hydrogen-bond donors (Lipinski definition) is 2. The standard InChI is InChI=1S/C11H15NO3S/c1-15-6-10(12)16-7-8-2-4-9(5-3-8)11(13)14/h2-5,10H,6-7,12H2,1H3,(H,13,14). The number of carboxylic acids is 1. The zero-order chi connectivity index (χ0) is 12.0. The SMILES string of the molecule is COCC(N)SCc1ccc(C(=O)O)cc1. The lowest BCUT2D eigenvalue weighted by atomic mass is 10.1. The summed E-state index contributed by atoms with van der Waals surface area (Å²) < 4.78 is 4.92. The minimum absolute atomic E-state index is 0.0517. The third kappa shape index (κ3) is 4.22. The van der Waals surface area contributed by atoms with E-state index in [2.05, 4.69) is 0 Å². The van der Waals surface area contributed by atoms with Gasteiger partial charge in [-0.25, -0.2) is 4.79 Å². The highest BCUT2D eigenvalue weighted by Gasteiger charge is 2.04. The Kier molecular flexibility index (Phi) is 5.31. The number of nitrogens with two attached hydrogens (primary N) is 1. The number of carbonyl (C=O) groups is 1. The Balaban J connectivity index is 2.46. The second kappa shape index (κ2) is 6.52. The van der Waals surface area contributed by atoms with Crippen molar-refractivity contribution in [3.63, 3.8) is 0 Å². The minimum atomic E-state index is -0.907. The highest BCUT2D eigenvalue weighted by Crippen LogP contribution is 2.15. The summed E-state index contributed by atoms with van der Waals surface area (Å²) in [5.41, 5.74) is 7.11. The van der Waals surface area contributed by atoms with Crippen LogP contribution in [0.5, 0.6) is 0 Å². The number of rotatable bonds is 6. The monoisotopic (exact) mass is 241 g/mol. The van der Waals surface area contributed by atoms with E-state index < -0.39 is 5.97 Å². The molecule has 0 amide bonds. The van der Waals surface area contributed by atoms with E-state index in [9.17, 15) is 4.79 Å². The molecule has 0 aliphatic carbocycles. The molecule has 0 saturated carbocycles. The van der Waals surface area contributed by atoms with Gasteiger partial charge in [-0.15, -0.1) is 11.8 Å². The molecule has 4 nitrogen and oxygen atoms in total. The first-order valence-electron chi connectivity index (χ1n) is 4.82. The molecule has 1 aromatic rings. The highest BCUT2D eigenvalue weighted by molar-refractivity contribution is 7.99. The largest absolute Gasteiger partial charge is 0.478 e. The summed E-state index contributed by atoms with van der Waals surface area (Å²) in [6.45, 7) is 0.512. The quantitative estimate of drug-likeness (QED) is 0.739. The Hall–Kier alpha value is -1.04. The van der Waals surface area contributed by atoms with Crippen LogP contribution < -0.4 is 5.73 Å². The molecule has 0 fully saturated rings. The van der Waals surface area contributed by atoms with Crippen LogP contribution in [-0.2, 0) is 10.5 Å². The Morgan fingerprint density at radius 2 is 2.12 bits per heavy atom. The van der Waals surface area contributed by atoms with Crippen molar-refractivity contribution < 1.29 is 14.6 Å². The van der Waals surface area contributed by atoms with Gasteiger partial charge >= 0.3 is 5.97 Å². The van der Waals surface area contributed by atoms with Crippen LogP contribution in [0.25, 0.3) is 0 Å². The lowest BCUT2D eigenvalue weighted by molar-refractivity contribution is 0.0697. The smallest absolute Gasteiger partial charge is 0.335 e. The molecule has 88 valence electrons. The van der Waals surface area contributed by atoms with Crippen LogP contribution >= 0.6 is 11.8 Å². The van der Waals surface area contributed by atoms with Crippen LogP contribution in [0.15, 0.2) is 24.3 Å². The van der Waals surface area contributed by atoms with E-state index in [1.165, 1.54) is 0 Å². The van der Waals surface area contributed by atoms with E-state index in [1.807, 2.05) is 0 Å². The topological polar surface area (TPSA) is 72.5 Å². The summed E-state index contributed by atoms with van der Waals surface area (Å²) in [5.74, 6) is -0.153. The molecule has 1 atom stereocenters. The molecule has 1 aromatic carbocycles. The molecule has 0 spiro atoms. The second-order valence-electron chi connectivity index (χ2n) is 3.31. The average molecular weight is 241 g/mol. The highest BCUT2D eigenvalue weighted by atomic mass is 32.2. The van der Waals surface area contributed by atoms with Crippen LogP contribution in [0.1, 0.15) is 15.9 Å². The summed E-state index contributed by atoms with van der Waals surface area (Å²) in [5, 5.41) is 8.67. The van der Waals surface area contributed by atoms with Crippen LogP contribution in [-0.4, -0.2) is 30.2 Å². The molecule has 0 bridgehead atoms. The molecule has 0 aliphatic rings. The van der Waals surface area contributed by atoms with Gasteiger partial charge in [0.1, 0.15) is 0 Å². The average Bonchev–Trinajstić information content (AvgIpc) is 2.27. The second-order valence-corrected chi connectivity index (χ2v) is 4.53. The number of benzene rings is 1. The van der Waals surface area contributed by atoms with Gasteiger partial charge in [0.25, 0.3) is 0 Å². The van der Waals surface area contributed by atoms with Gasteiger partial charge in [0.2, 0.25) is 0 Å². The fraction of sp³-hybridized carbons (Fsp3) is 0.364. The third-order valence-electron chi connectivity index (χ3n) is 2.00. The Labute approximate surface area is 98.8 Å². The van der Waals surface area contributed by atoms with E-state index in [0.29, 0.717) is 12.2 Å². The predicted molar refractivity (Wildman–Crippen MR) is 64.5 cm³/mol. The molecule has 16 heavy (non-hydrogen) atoms. The fourth-order valence-electron chi connectivity index (χ4n) is 1.16. The Morgan fingerprint density at radius 3 is 2.62 bits per heavy atom. The molecule has 0 radical (unpaired) electrons. The summed E-state index contributed by atoms with van der Waals surface area (Å²) in [6, 6.07) is 6.80. The summed E-state index contributed by atoms with van der Waals surface area (Å²) in [6.07, 6.45) is 0. The van der Waals surface area contributed by atoms with Crippen LogP contribution in [0.3, 0.4) is 0 Å². The van der Waals surface area contributed by atoms with Crippen molar-refractivity contribution in [1.29, 1.82) is 0 Å². The summed E-state index contributed by atoms with van der Waals surface area (Å²) in [7, 11) is 1.61. The lowest BCUT2D eigenvalue weighted by Crippen LogP contribution is -2.21. The molecule has 1 unspecified atom stereocenters. The maximum Gasteiger partial charge on any atom is 0.335 e. The molecule has 0 heterocycles. The van der Waals surface area contributed by atoms with Crippen molar-refractivity contribution in [3.05, 3.63) is 35.4 Å². The van der Waals surface area contributed by atoms with Crippen molar-refractivity contribution in [2.75, 3.05) is 13.7 Å². The van der Waals surface area contributed by atoms with E-state index >= 15 is 0 Å². The first kappa shape index (κ1) is 13.0. The van der Waals surface area contributed by atoms with Crippen molar-refractivity contribution in [2.45, 2.75) is 11.1 Å². The van der Waals surface area contributed by atoms with Crippen LogP contribution in [0.4, 0.5) is 0 Å². The van der Waals surface area contributed by atoms with Gasteiger partial charge in [-0.2, -0.15) is 0 Å². The first-order valence-corrected chi connectivity index (χ1v) is 5.86. The predicted octanol–water partition coefficient (Wildman–Crippen LogP) is 1.55. The van der Waals surface area contributed by atoms with Crippen molar-refractivity contribution in [3.8, 4) is 0 Å². The van der Waals surface area contributed by atoms with Gasteiger partial charge in [-0.3, -0.25) is 0 Å². The van der Waals surface area contributed by atoms with E-state index in [0.717, 1.165) is 11.3 Å². The van der Waals surface area contributed by atoms with Crippen molar-refractivity contribution in [2.24, 2.45) is 5.73 Å². The van der Waals surface area contributed by atoms with Gasteiger partial charge < -0.3 is 15.6 Å². The number of thioether (sulfide) groups is 1. The first-order chi connectivity index (χ1) is 7.63. The minimum Gasteiger partial charge on any atom is -0.478 e. The fourth-order valence-corrected chi connectivity index (χ4v) is 1.99. The van der Waals surface area contributed by atoms with Gasteiger partial charge in [0, 0.05) is 12.9 Å². The zero-order valence-corrected chi connectivity index (χ0v) is 9.87. The van der Waals surface area contributed by atoms with Crippen molar-refractivity contribution in [1.82, 2.24) is 0 Å². The maximum atomic E-state index is 10.6. The van der Waals surface area contributed by atoms with Gasteiger partial charge in [0.05, 0.1) is 17.5 Å². The Morgan fingerprint density at radius 1 is 1.50 bits per heavy atom. The lowest BCUT2D eigenvalue weighted by Gasteiger charge is -2.09. The van der Waals surface area contributed by atoms with Crippen LogP contribution in [0.2, 0.25) is 0 Å². The summed E-state index contributed by atoms with van der Waals surface area (Å²) in [4.78, 5) is 10.6. The molecular weight excluding hydrogens is 226 g/mol. The van der Waals surface area contributed by atoms with Gasteiger partial charge in [0.15, 0.2) is 0 Å². The summed E-state index contributed by atoms with van der Waals surface area (Å²) >= 11 is 1.57. The third-order valence-corrected chi connectivity index (χ3v) is 3.06. The molecular formula is C11H15NO3S. The normalized spacial score (nSPS) is 12.4. The van der Waals surface area contributed by atoms with Gasteiger partial charge in [-0.05, 0) is 17.7 Å². The number of ether oxygens (including phenoxy) is 1. The van der Waals surface area contributed by atoms with E-state index in [1.54, 1.807) is 43.1 Å². The maximum absolute atomic E-state index is 10.6. The number of aromatic carboxylic acids is 1. The molecule has 0 saturated heterocycles. The zero-order valence-electron chi connectivity index (χ0n) is 9.05. The number of methoxy groups -OCH3 is 1. The van der Waals surface area contributed by atoms with Crippen molar-refractivity contribution >= 4 is 17.7 Å². The number of carboxylic acid groups (broad SMARTS) is 1. The van der Waals surface area contributed by atoms with Gasteiger partial charge in [-0.1, -0.05) is 12.1 Å². The van der Waals surface area contributed by atoms with E-state index in [-0.39, 0.29) is 5.37 Å². The van der Waals surface area contributed by atoms with E-state index in [4.69, 9.17) is 15.6 Å². The molecule has 3 N–H and O–H groups in total. The molecule has 5 heteroatoms. The molecule has 0 aliphatic heterocycles. The Bertz CT molecular complexity index is 340. The van der Waals surface area contributed by atoms with Crippen LogP contribution in [0, 0.1) is 0 Å². The molecule has 1 rings (SSSR count). The number of hydrogen-bond acceptors (Lipinski definition) is 4. The molecule has 0 aromatic heterocycles.